The van der Waals surface area contributed by atoms with E-state index in [1.165, 1.54) is 56.3 Å². The van der Waals surface area contributed by atoms with E-state index < -0.39 is 38.0 Å². The Bertz CT molecular complexity index is 1350. The Morgan fingerprint density at radius 1 is 1.06 bits per heavy atom. The molecule has 35 heavy (non-hydrogen) atoms. The second kappa shape index (κ2) is 11.1. The Morgan fingerprint density at radius 3 is 2.40 bits per heavy atom. The lowest BCUT2D eigenvalue weighted by Gasteiger charge is -2.26. The Kier molecular flexibility index (Phi) is 8.20. The monoisotopic (exact) mass is 517 g/mol. The molecule has 0 saturated carbocycles. The number of hydrogen-bond donors (Lipinski definition) is 1. The number of methoxy groups -OCH3 is 2. The number of ether oxygens (including phenoxy) is 2. The van der Waals surface area contributed by atoms with Gasteiger partial charge in [0.05, 0.1) is 30.5 Å². The topological polar surface area (TPSA) is 128 Å². The number of nitrogens with zero attached hydrogens (tertiary/aromatic N) is 2. The van der Waals surface area contributed by atoms with E-state index in [0.717, 1.165) is 21.3 Å². The summed E-state index contributed by atoms with van der Waals surface area (Å²) in [6, 6.07) is 16.4. The zero-order valence-electron chi connectivity index (χ0n) is 19.1. The summed E-state index contributed by atoms with van der Waals surface area (Å²) in [5.74, 6) is -0.151. The van der Waals surface area contributed by atoms with Gasteiger partial charge >= 0.3 is 0 Å². The maximum Gasteiger partial charge on any atom is 0.289 e. The third-order valence-electron chi connectivity index (χ3n) is 4.95. The zero-order valence-corrected chi connectivity index (χ0v) is 20.8. The maximum absolute atomic E-state index is 13.7. The second-order valence-electron chi connectivity index (χ2n) is 7.02. The third kappa shape index (κ3) is 5.66. The van der Waals surface area contributed by atoms with Crippen LogP contribution in [0.4, 0.5) is 17.1 Å². The summed E-state index contributed by atoms with van der Waals surface area (Å²) in [7, 11) is -1.81. The number of thioether (sulfide) groups is 1. The van der Waals surface area contributed by atoms with E-state index in [0.29, 0.717) is 11.4 Å². The highest BCUT2D eigenvalue weighted by molar-refractivity contribution is 7.98. The lowest BCUT2D eigenvalue weighted by molar-refractivity contribution is -0.387. The van der Waals surface area contributed by atoms with Crippen molar-refractivity contribution in [3.63, 3.8) is 0 Å². The predicted octanol–water partition coefficient (Wildman–Crippen LogP) is 4.17. The highest BCUT2D eigenvalue weighted by Gasteiger charge is 2.34. The zero-order chi connectivity index (χ0) is 25.6. The minimum atomic E-state index is -4.58. The van der Waals surface area contributed by atoms with Gasteiger partial charge in [0.25, 0.3) is 15.7 Å². The summed E-state index contributed by atoms with van der Waals surface area (Å²) >= 11 is 1.41. The highest BCUT2D eigenvalue weighted by Crippen LogP contribution is 2.37. The molecule has 0 aliphatic heterocycles. The van der Waals surface area contributed by atoms with Gasteiger partial charge < -0.3 is 14.8 Å². The van der Waals surface area contributed by atoms with Crippen molar-refractivity contribution in [3.05, 3.63) is 76.8 Å². The maximum atomic E-state index is 13.7. The molecule has 3 aromatic carbocycles. The Morgan fingerprint density at radius 2 is 1.74 bits per heavy atom. The van der Waals surface area contributed by atoms with Crippen molar-refractivity contribution in [1.29, 1.82) is 0 Å². The van der Waals surface area contributed by atoms with Crippen LogP contribution in [0.3, 0.4) is 0 Å². The molecule has 10 nitrogen and oxygen atoms in total. The van der Waals surface area contributed by atoms with Gasteiger partial charge in [-0.25, -0.2) is 8.42 Å². The van der Waals surface area contributed by atoms with Crippen LogP contribution in [0.1, 0.15) is 0 Å². The lowest BCUT2D eigenvalue weighted by atomic mass is 10.2. The first-order valence-electron chi connectivity index (χ1n) is 10.1. The summed E-state index contributed by atoms with van der Waals surface area (Å²) in [5.41, 5.74) is -0.0902. The van der Waals surface area contributed by atoms with E-state index in [4.69, 9.17) is 9.47 Å². The third-order valence-corrected chi connectivity index (χ3v) is 7.56. The van der Waals surface area contributed by atoms with Crippen LogP contribution in [0.2, 0.25) is 0 Å². The molecule has 12 heteroatoms. The average Bonchev–Trinajstić information content (AvgIpc) is 2.87. The molecule has 0 saturated heterocycles. The van der Waals surface area contributed by atoms with Crippen LogP contribution in [0, 0.1) is 10.1 Å². The smallest absolute Gasteiger partial charge is 0.289 e. The van der Waals surface area contributed by atoms with Gasteiger partial charge in [0.2, 0.25) is 5.91 Å². The van der Waals surface area contributed by atoms with Gasteiger partial charge in [0, 0.05) is 17.0 Å². The van der Waals surface area contributed by atoms with E-state index >= 15 is 0 Å². The number of nitrogens with one attached hydrogen (secondary N) is 1. The molecule has 184 valence electrons. The molecule has 0 radical (unpaired) electrons. The van der Waals surface area contributed by atoms with Crippen molar-refractivity contribution < 1.29 is 27.6 Å². The number of rotatable bonds is 10. The van der Waals surface area contributed by atoms with Crippen molar-refractivity contribution in [2.45, 2.75) is 9.79 Å². The van der Waals surface area contributed by atoms with Crippen molar-refractivity contribution >= 4 is 44.8 Å². The van der Waals surface area contributed by atoms with Crippen molar-refractivity contribution in [2.24, 2.45) is 0 Å². The molecule has 3 rings (SSSR count). The quantitative estimate of drug-likeness (QED) is 0.241. The number of benzene rings is 3. The molecule has 0 atom stereocenters. The van der Waals surface area contributed by atoms with Crippen molar-refractivity contribution in [1.82, 2.24) is 0 Å². The molecule has 3 aromatic rings. The van der Waals surface area contributed by atoms with Crippen LogP contribution in [-0.4, -0.2) is 46.3 Å². The molecular weight excluding hydrogens is 494 g/mol. The van der Waals surface area contributed by atoms with E-state index in [-0.39, 0.29) is 11.4 Å². The van der Waals surface area contributed by atoms with Gasteiger partial charge in [0.1, 0.15) is 18.0 Å². The molecule has 1 amide bonds. The number of carbonyl (C=O) groups is 1. The van der Waals surface area contributed by atoms with E-state index in [1.54, 1.807) is 12.1 Å². The van der Waals surface area contributed by atoms with Gasteiger partial charge in [-0.1, -0.05) is 24.3 Å². The van der Waals surface area contributed by atoms with Gasteiger partial charge in [-0.05, 0) is 36.6 Å². The lowest BCUT2D eigenvalue weighted by Crippen LogP contribution is -2.38. The number of carbonyl (C=O) groups excluding carboxylic acids is 1. The minimum absolute atomic E-state index is 0.0137. The molecule has 0 aliphatic rings. The normalized spacial score (nSPS) is 10.9. The first-order valence-corrected chi connectivity index (χ1v) is 12.8. The van der Waals surface area contributed by atoms with E-state index in [1.807, 2.05) is 18.4 Å². The number of para-hydroxylation sites is 2. The number of hydrogen-bond acceptors (Lipinski definition) is 8. The Balaban J connectivity index is 2.11. The molecule has 0 aromatic heterocycles. The fourth-order valence-electron chi connectivity index (χ4n) is 3.30. The van der Waals surface area contributed by atoms with Gasteiger partial charge in [-0.15, -0.1) is 11.8 Å². The number of sulfonamides is 1. The largest absolute Gasteiger partial charge is 0.497 e. The Labute approximate surface area is 207 Å². The van der Waals surface area contributed by atoms with E-state index in [2.05, 4.69) is 5.32 Å². The van der Waals surface area contributed by atoms with Crippen LogP contribution >= 0.6 is 11.8 Å². The predicted molar refractivity (Wildman–Crippen MR) is 134 cm³/mol. The summed E-state index contributed by atoms with van der Waals surface area (Å²) < 4.78 is 38.8. The van der Waals surface area contributed by atoms with Gasteiger partial charge in [0.15, 0.2) is 4.90 Å². The standard InChI is InChI=1S/C23H23N3O7S2/c1-32-16-12-13-18(20(14-16)33-2)25(15-23(27)24-17-8-4-6-10-21(17)34-3)35(30,31)22-11-7-5-9-19(22)26(28)29/h4-14H,15H2,1-3H3,(H,24,27). The summed E-state index contributed by atoms with van der Waals surface area (Å²) in [6.45, 7) is -0.667. The van der Waals surface area contributed by atoms with Crippen molar-refractivity contribution in [3.8, 4) is 11.5 Å². The molecular formula is C23H23N3O7S2. The van der Waals surface area contributed by atoms with Crippen LogP contribution in [0.5, 0.6) is 11.5 Å². The molecule has 0 bridgehead atoms. The molecule has 0 aliphatic carbocycles. The number of nitro groups is 1. The average molecular weight is 518 g/mol. The molecule has 0 fully saturated rings. The number of nitro benzene ring substituents is 1. The molecule has 0 heterocycles. The first-order chi connectivity index (χ1) is 16.7. The summed E-state index contributed by atoms with van der Waals surface area (Å²) in [4.78, 5) is 24.1. The second-order valence-corrected chi connectivity index (χ2v) is 9.70. The Hall–Kier alpha value is -3.77. The van der Waals surface area contributed by atoms with Crippen LogP contribution in [0.25, 0.3) is 0 Å². The minimum Gasteiger partial charge on any atom is -0.497 e. The number of amides is 1. The van der Waals surface area contributed by atoms with Crippen molar-refractivity contribution in [2.75, 3.05) is 36.6 Å². The molecule has 1 N–H and O–H groups in total. The number of anilines is 2. The van der Waals surface area contributed by atoms with Crippen LogP contribution in [0.15, 0.2) is 76.5 Å². The molecule has 0 spiro atoms. The first kappa shape index (κ1) is 25.8. The van der Waals surface area contributed by atoms with Gasteiger partial charge in [-0.3, -0.25) is 19.2 Å². The fraction of sp³-hybridized carbons (Fsp3) is 0.174. The summed E-state index contributed by atoms with van der Waals surface area (Å²) in [5, 5.41) is 14.3. The van der Waals surface area contributed by atoms with Crippen LogP contribution < -0.4 is 19.1 Å². The molecule has 0 unspecified atom stereocenters. The fourth-order valence-corrected chi connectivity index (χ4v) is 5.45. The van der Waals surface area contributed by atoms with E-state index in [9.17, 15) is 23.3 Å². The van der Waals surface area contributed by atoms with Gasteiger partial charge in [-0.2, -0.15) is 0 Å². The highest BCUT2D eigenvalue weighted by atomic mass is 32.2. The SMILES string of the molecule is COc1ccc(N(CC(=O)Nc2ccccc2SC)S(=O)(=O)c2ccccc2[N+](=O)[O-])c(OC)c1. The van der Waals surface area contributed by atoms with Crippen LogP contribution in [-0.2, 0) is 14.8 Å². The summed E-state index contributed by atoms with van der Waals surface area (Å²) in [6.07, 6.45) is 1.85.